The van der Waals surface area contributed by atoms with Crippen molar-refractivity contribution < 1.29 is 25.6 Å². The SMILES string of the molecule is [2H]c1c([2H])c([2H])c2c(c1[2H])COc1ccc(C([2H])([2H])C(=O)O)cc1/C2=C/CC([2H])([2H])N(C)C. The zero-order valence-electron chi connectivity index (χ0n) is 21.9. The van der Waals surface area contributed by atoms with E-state index in [4.69, 9.17) is 15.7 Å². The quantitative estimate of drug-likeness (QED) is 0.900. The number of nitrogens with zero attached hydrogens (tertiary/aromatic N) is 1. The van der Waals surface area contributed by atoms with Gasteiger partial charge in [-0.2, -0.15) is 0 Å². The topological polar surface area (TPSA) is 49.8 Å². The second-order valence-corrected chi connectivity index (χ2v) is 5.66. The first-order valence-corrected chi connectivity index (χ1v) is 7.68. The first-order valence-electron chi connectivity index (χ1n) is 11.7. The summed E-state index contributed by atoms with van der Waals surface area (Å²) in [5, 5.41) is 9.32. The molecule has 0 spiro atoms. The molecule has 0 aliphatic carbocycles. The number of carboxylic acids is 1. The number of carboxylic acid groups (broad SMARTS) is 1. The highest BCUT2D eigenvalue weighted by Gasteiger charge is 2.19. The van der Waals surface area contributed by atoms with E-state index < -0.39 is 30.9 Å². The van der Waals surface area contributed by atoms with Crippen LogP contribution in [0, 0.1) is 0 Å². The first-order chi connectivity index (χ1) is 15.2. The first kappa shape index (κ1) is 9.78. The smallest absolute Gasteiger partial charge is 0.307 e. The highest BCUT2D eigenvalue weighted by atomic mass is 16.5. The molecule has 1 N–H and O–H groups in total. The normalized spacial score (nSPS) is 20.4. The van der Waals surface area contributed by atoms with Gasteiger partial charge >= 0.3 is 5.97 Å². The van der Waals surface area contributed by atoms with Crippen LogP contribution in [0.15, 0.2) is 48.4 Å². The van der Waals surface area contributed by atoms with Crippen molar-refractivity contribution in [2.45, 2.75) is 19.4 Å². The maximum Gasteiger partial charge on any atom is 0.307 e. The van der Waals surface area contributed by atoms with Crippen molar-refractivity contribution >= 4 is 11.5 Å². The Labute approximate surface area is 159 Å². The lowest BCUT2D eigenvalue weighted by atomic mass is 9.92. The number of ether oxygens (including phenoxy) is 1. The zero-order valence-corrected chi connectivity index (χ0v) is 13.9. The summed E-state index contributed by atoms with van der Waals surface area (Å²) in [7, 11) is 3.12. The molecular weight excluding hydrogens is 314 g/mol. The van der Waals surface area contributed by atoms with E-state index in [1.54, 1.807) is 14.1 Å². The van der Waals surface area contributed by atoms with Gasteiger partial charge < -0.3 is 14.7 Å². The predicted octanol–water partition coefficient (Wildman–Crippen LogP) is 3.59. The zero-order chi connectivity index (χ0) is 24.9. The monoisotopic (exact) mass is 345 g/mol. The van der Waals surface area contributed by atoms with Crippen LogP contribution in [0.2, 0.25) is 0 Å². The Hall–Kier alpha value is -2.59. The number of rotatable bonds is 5. The average Bonchev–Trinajstić information content (AvgIpc) is 2.91. The second kappa shape index (κ2) is 7.53. The number of aliphatic carboxylic acids is 1. The summed E-state index contributed by atoms with van der Waals surface area (Å²) in [6.45, 7) is -1.98. The third-order valence-corrected chi connectivity index (χ3v) is 3.64. The Bertz CT molecular complexity index is 1160. The van der Waals surface area contributed by atoms with E-state index in [1.165, 1.54) is 29.2 Å². The van der Waals surface area contributed by atoms with Crippen LogP contribution in [0.5, 0.6) is 5.75 Å². The molecule has 0 amide bonds. The summed E-state index contributed by atoms with van der Waals surface area (Å²) in [5.74, 6) is -1.46. The number of hydrogen-bond donors (Lipinski definition) is 1. The summed E-state index contributed by atoms with van der Waals surface area (Å²) in [6, 6.07) is 2.40. The highest BCUT2D eigenvalue weighted by Crippen LogP contribution is 2.37. The summed E-state index contributed by atoms with van der Waals surface area (Å²) >= 11 is 0. The maximum atomic E-state index is 11.5. The molecule has 0 atom stereocenters. The molecule has 0 bridgehead atoms. The van der Waals surface area contributed by atoms with E-state index in [9.17, 15) is 9.90 Å². The van der Waals surface area contributed by atoms with Gasteiger partial charge in [0.2, 0.25) is 0 Å². The van der Waals surface area contributed by atoms with Crippen LogP contribution < -0.4 is 4.74 Å². The average molecular weight is 345 g/mol. The minimum absolute atomic E-state index is 0.113. The Balaban J connectivity index is 2.36. The molecular formula is C21H23NO3. The fraction of sp³-hybridized carbons (Fsp3) is 0.286. The molecule has 1 heterocycles. The molecule has 0 unspecified atom stereocenters. The van der Waals surface area contributed by atoms with Gasteiger partial charge in [0.1, 0.15) is 12.4 Å². The van der Waals surface area contributed by atoms with Gasteiger partial charge in [-0.3, -0.25) is 4.79 Å². The van der Waals surface area contributed by atoms with E-state index in [0.717, 1.165) is 0 Å². The van der Waals surface area contributed by atoms with Crippen LogP contribution in [-0.2, 0) is 17.8 Å². The van der Waals surface area contributed by atoms with Gasteiger partial charge in [-0.15, -0.1) is 0 Å². The molecule has 2 aromatic rings. The molecule has 0 saturated carbocycles. The van der Waals surface area contributed by atoms with Crippen molar-refractivity contribution in [1.82, 2.24) is 4.90 Å². The second-order valence-electron chi connectivity index (χ2n) is 5.66. The van der Waals surface area contributed by atoms with Gasteiger partial charge in [-0.1, -0.05) is 36.3 Å². The maximum absolute atomic E-state index is 11.5. The number of benzene rings is 2. The molecule has 25 heavy (non-hydrogen) atoms. The van der Waals surface area contributed by atoms with Crippen LogP contribution in [-0.4, -0.2) is 36.6 Å². The molecule has 130 valence electrons. The van der Waals surface area contributed by atoms with Crippen LogP contribution >= 0.6 is 0 Å². The minimum Gasteiger partial charge on any atom is -0.488 e. The summed E-state index contributed by atoms with van der Waals surface area (Å²) in [5.41, 5.74) is 0.552. The van der Waals surface area contributed by atoms with E-state index >= 15 is 0 Å². The molecule has 1 aliphatic rings. The molecule has 0 fully saturated rings. The van der Waals surface area contributed by atoms with Gasteiger partial charge in [-0.05, 0) is 54.9 Å². The molecule has 4 heteroatoms. The largest absolute Gasteiger partial charge is 0.488 e. The van der Waals surface area contributed by atoms with Gasteiger partial charge in [0.25, 0.3) is 0 Å². The Morgan fingerprint density at radius 2 is 2.16 bits per heavy atom. The Kier molecular flexibility index (Phi) is 2.95. The van der Waals surface area contributed by atoms with Gasteiger partial charge in [0.05, 0.1) is 11.9 Å². The van der Waals surface area contributed by atoms with Crippen molar-refractivity contribution in [2.24, 2.45) is 0 Å². The van der Waals surface area contributed by atoms with Crippen molar-refractivity contribution in [3.8, 4) is 5.75 Å². The minimum atomic E-state index is -2.72. The summed E-state index contributed by atoms with van der Waals surface area (Å²) in [6.07, 6.45) is -1.40. The molecule has 1 aliphatic heterocycles. The predicted molar refractivity (Wildman–Crippen MR) is 98.8 cm³/mol. The van der Waals surface area contributed by atoms with Crippen molar-refractivity contribution in [3.63, 3.8) is 0 Å². The lowest BCUT2D eigenvalue weighted by Crippen LogP contribution is -2.12. The lowest BCUT2D eigenvalue weighted by Gasteiger charge is -2.13. The Morgan fingerprint density at radius 1 is 1.36 bits per heavy atom. The number of fused-ring (bicyclic) bond motifs is 2. The lowest BCUT2D eigenvalue weighted by molar-refractivity contribution is -0.136. The number of hydrogen-bond acceptors (Lipinski definition) is 3. The van der Waals surface area contributed by atoms with E-state index in [-0.39, 0.29) is 58.7 Å². The van der Waals surface area contributed by atoms with Crippen LogP contribution in [0.3, 0.4) is 0 Å². The third kappa shape index (κ3) is 4.09. The molecule has 3 rings (SSSR count). The number of carbonyl (C=O) groups is 1. The van der Waals surface area contributed by atoms with Crippen LogP contribution in [0.1, 0.15) is 39.6 Å². The fourth-order valence-electron chi connectivity index (χ4n) is 2.57. The molecule has 4 nitrogen and oxygen atoms in total. The third-order valence-electron chi connectivity index (χ3n) is 3.64. The fourth-order valence-corrected chi connectivity index (χ4v) is 2.57. The summed E-state index contributed by atoms with van der Waals surface area (Å²) < 4.78 is 71.0. The van der Waals surface area contributed by atoms with Crippen molar-refractivity contribution in [1.29, 1.82) is 0 Å². The standard InChI is InChI=1S/C21H23NO3/c1-22(2)11-5-8-18-17-7-4-3-6-16(17)14-25-20-10-9-15(12-19(18)20)13-21(23)24/h3-4,6-10,12H,5,11,13-14H2,1-2H3,(H,23,24)/b18-8+/i3D,4D,6D,7D,11D2,13D2. The van der Waals surface area contributed by atoms with Crippen LogP contribution in [0.25, 0.3) is 5.57 Å². The molecule has 0 saturated heterocycles. The van der Waals surface area contributed by atoms with Gasteiger partial charge in [0, 0.05) is 17.5 Å². The van der Waals surface area contributed by atoms with Gasteiger partial charge in [-0.25, -0.2) is 0 Å². The highest BCUT2D eigenvalue weighted by molar-refractivity contribution is 5.85. The summed E-state index contributed by atoms with van der Waals surface area (Å²) in [4.78, 5) is 12.8. The van der Waals surface area contributed by atoms with E-state index in [0.29, 0.717) is 0 Å². The Morgan fingerprint density at radius 3 is 2.92 bits per heavy atom. The van der Waals surface area contributed by atoms with Crippen molar-refractivity contribution in [3.05, 3.63) is 70.7 Å². The van der Waals surface area contributed by atoms with Gasteiger partial charge in [0.15, 0.2) is 0 Å². The molecule has 0 radical (unpaired) electrons. The van der Waals surface area contributed by atoms with Crippen LogP contribution in [0.4, 0.5) is 0 Å². The van der Waals surface area contributed by atoms with E-state index in [1.807, 2.05) is 0 Å². The molecule has 2 aromatic carbocycles. The van der Waals surface area contributed by atoms with Crippen molar-refractivity contribution in [2.75, 3.05) is 20.6 Å². The molecule has 0 aromatic heterocycles. The van der Waals surface area contributed by atoms with E-state index in [2.05, 4.69) is 0 Å².